The van der Waals surface area contributed by atoms with Crippen LogP contribution in [0.25, 0.3) is 0 Å². The van der Waals surface area contributed by atoms with Crippen LogP contribution in [0.2, 0.25) is 0 Å². The molecule has 3 rings (SSSR count). The van der Waals surface area contributed by atoms with E-state index in [0.717, 1.165) is 82.5 Å². The number of rotatable bonds is 5. The highest BCUT2D eigenvalue weighted by Crippen LogP contribution is 2.28. The maximum Gasteiger partial charge on any atom is 0.239 e. The average Bonchev–Trinajstić information content (AvgIpc) is 3.36. The summed E-state index contributed by atoms with van der Waals surface area (Å²) in [5, 5.41) is 13.9. The molecule has 0 aromatic rings. The SMILES string of the molecule is CCNC(=NCC1(O)CCSC1)N1CCN(C(C)C(=O)N2CCCC2)CC1. The third-order valence-corrected chi connectivity index (χ3v) is 7.11. The first-order valence-electron chi connectivity index (χ1n) is 10.4. The van der Waals surface area contributed by atoms with E-state index in [1.54, 1.807) is 11.8 Å². The zero-order chi connectivity index (χ0) is 19.3. The van der Waals surface area contributed by atoms with Gasteiger partial charge in [0.2, 0.25) is 5.91 Å². The van der Waals surface area contributed by atoms with E-state index in [1.165, 1.54) is 0 Å². The molecule has 0 aliphatic carbocycles. The van der Waals surface area contributed by atoms with Gasteiger partial charge in [0, 0.05) is 51.6 Å². The molecule has 3 heterocycles. The molecule has 0 radical (unpaired) electrons. The van der Waals surface area contributed by atoms with Crippen molar-refractivity contribution in [2.75, 3.05) is 63.9 Å². The Hall–Kier alpha value is -0.990. The van der Waals surface area contributed by atoms with Crippen molar-refractivity contribution in [3.05, 3.63) is 0 Å². The molecule has 3 saturated heterocycles. The number of hydrogen-bond donors (Lipinski definition) is 2. The van der Waals surface area contributed by atoms with Gasteiger partial charge in [0.25, 0.3) is 0 Å². The van der Waals surface area contributed by atoms with Crippen LogP contribution in [0.15, 0.2) is 4.99 Å². The lowest BCUT2D eigenvalue weighted by Gasteiger charge is -2.39. The normalized spacial score (nSPS) is 28.6. The maximum atomic E-state index is 12.7. The number of aliphatic hydroxyl groups is 1. The molecule has 0 aromatic heterocycles. The lowest BCUT2D eigenvalue weighted by molar-refractivity contribution is -0.135. The summed E-state index contributed by atoms with van der Waals surface area (Å²) >= 11 is 1.80. The summed E-state index contributed by atoms with van der Waals surface area (Å²) in [4.78, 5) is 24.0. The molecule has 2 atom stereocenters. The van der Waals surface area contributed by atoms with E-state index in [2.05, 4.69) is 22.0 Å². The fraction of sp³-hybridized carbons (Fsp3) is 0.895. The molecular weight excluding hydrogens is 362 g/mol. The number of amides is 1. The summed E-state index contributed by atoms with van der Waals surface area (Å²) in [6.07, 6.45) is 3.10. The van der Waals surface area contributed by atoms with Crippen LogP contribution in [-0.4, -0.2) is 107 Å². The summed E-state index contributed by atoms with van der Waals surface area (Å²) in [7, 11) is 0. The van der Waals surface area contributed by atoms with Crippen molar-refractivity contribution in [2.45, 2.75) is 44.8 Å². The first kappa shape index (κ1) is 20.7. The number of likely N-dealkylation sites (tertiary alicyclic amines) is 1. The van der Waals surface area contributed by atoms with Gasteiger partial charge in [-0.05, 0) is 38.9 Å². The van der Waals surface area contributed by atoms with Gasteiger partial charge in [-0.15, -0.1) is 0 Å². The van der Waals surface area contributed by atoms with Gasteiger partial charge >= 0.3 is 0 Å². The number of carbonyl (C=O) groups excluding carboxylic acids is 1. The van der Waals surface area contributed by atoms with Gasteiger partial charge < -0.3 is 20.2 Å². The largest absolute Gasteiger partial charge is 0.387 e. The van der Waals surface area contributed by atoms with E-state index in [4.69, 9.17) is 4.99 Å². The Kier molecular flexibility index (Phi) is 7.28. The monoisotopic (exact) mass is 397 g/mol. The number of nitrogens with one attached hydrogen (secondary N) is 1. The summed E-state index contributed by atoms with van der Waals surface area (Å²) in [5.74, 6) is 2.97. The van der Waals surface area contributed by atoms with Gasteiger partial charge in [0.1, 0.15) is 0 Å². The number of guanidine groups is 1. The molecule has 2 N–H and O–H groups in total. The minimum atomic E-state index is -0.649. The molecule has 0 spiro atoms. The molecule has 2 unspecified atom stereocenters. The van der Waals surface area contributed by atoms with Gasteiger partial charge in [0.15, 0.2) is 5.96 Å². The van der Waals surface area contributed by atoms with Crippen LogP contribution in [0.5, 0.6) is 0 Å². The Morgan fingerprint density at radius 3 is 2.48 bits per heavy atom. The van der Waals surface area contributed by atoms with Crippen molar-refractivity contribution in [1.82, 2.24) is 20.0 Å². The summed E-state index contributed by atoms with van der Waals surface area (Å²) in [6, 6.07) is -0.0407. The second-order valence-electron chi connectivity index (χ2n) is 7.93. The average molecular weight is 398 g/mol. The topological polar surface area (TPSA) is 71.4 Å². The first-order chi connectivity index (χ1) is 13.0. The molecule has 154 valence electrons. The highest BCUT2D eigenvalue weighted by atomic mass is 32.2. The van der Waals surface area contributed by atoms with Gasteiger partial charge in [-0.3, -0.25) is 14.7 Å². The van der Waals surface area contributed by atoms with Crippen molar-refractivity contribution in [3.8, 4) is 0 Å². The van der Waals surface area contributed by atoms with E-state index in [-0.39, 0.29) is 11.9 Å². The number of nitrogens with zero attached hydrogens (tertiary/aromatic N) is 4. The Morgan fingerprint density at radius 1 is 1.19 bits per heavy atom. The molecule has 3 aliphatic rings. The van der Waals surface area contributed by atoms with Crippen LogP contribution in [0.1, 0.15) is 33.1 Å². The lowest BCUT2D eigenvalue weighted by atomic mass is 10.0. The van der Waals surface area contributed by atoms with E-state index >= 15 is 0 Å². The predicted octanol–water partition coefficient (Wildman–Crippen LogP) is 0.448. The van der Waals surface area contributed by atoms with Crippen LogP contribution >= 0.6 is 11.8 Å². The van der Waals surface area contributed by atoms with Crippen LogP contribution in [0.3, 0.4) is 0 Å². The molecule has 27 heavy (non-hydrogen) atoms. The van der Waals surface area contributed by atoms with Gasteiger partial charge in [0.05, 0.1) is 18.2 Å². The minimum Gasteiger partial charge on any atom is -0.387 e. The number of thioether (sulfide) groups is 1. The first-order valence-corrected chi connectivity index (χ1v) is 11.5. The van der Waals surface area contributed by atoms with E-state index in [9.17, 15) is 9.90 Å². The second-order valence-corrected chi connectivity index (χ2v) is 9.03. The van der Waals surface area contributed by atoms with Crippen LogP contribution in [0.4, 0.5) is 0 Å². The Morgan fingerprint density at radius 2 is 1.89 bits per heavy atom. The minimum absolute atomic E-state index is 0.0407. The van der Waals surface area contributed by atoms with E-state index in [0.29, 0.717) is 6.54 Å². The molecule has 0 saturated carbocycles. The number of piperazine rings is 1. The Balaban J connectivity index is 1.53. The highest BCUT2D eigenvalue weighted by molar-refractivity contribution is 7.99. The van der Waals surface area contributed by atoms with Gasteiger partial charge in [-0.2, -0.15) is 11.8 Å². The smallest absolute Gasteiger partial charge is 0.239 e. The molecule has 0 aromatic carbocycles. The summed E-state index contributed by atoms with van der Waals surface area (Å²) in [6.45, 7) is 10.7. The molecule has 0 bridgehead atoms. The third-order valence-electron chi connectivity index (χ3n) is 5.88. The zero-order valence-electron chi connectivity index (χ0n) is 16.8. The number of hydrogen-bond acceptors (Lipinski definition) is 5. The third kappa shape index (κ3) is 5.29. The van der Waals surface area contributed by atoms with Crippen LogP contribution < -0.4 is 5.32 Å². The summed E-state index contributed by atoms with van der Waals surface area (Å²) in [5.41, 5.74) is -0.649. The van der Waals surface area contributed by atoms with Crippen molar-refractivity contribution in [1.29, 1.82) is 0 Å². The quantitative estimate of drug-likeness (QED) is 0.518. The number of aliphatic imine (C=N–C) groups is 1. The van der Waals surface area contributed by atoms with Crippen molar-refractivity contribution in [3.63, 3.8) is 0 Å². The van der Waals surface area contributed by atoms with Crippen LogP contribution in [0, 0.1) is 0 Å². The molecule has 8 heteroatoms. The fourth-order valence-corrected chi connectivity index (χ4v) is 5.33. The lowest BCUT2D eigenvalue weighted by Crippen LogP contribution is -2.57. The van der Waals surface area contributed by atoms with Gasteiger partial charge in [-0.1, -0.05) is 0 Å². The fourth-order valence-electron chi connectivity index (χ4n) is 4.05. The standard InChI is InChI=1S/C19H35N5O2S/c1-3-20-18(21-14-19(26)6-13-27-15-19)24-11-9-22(10-12-24)16(2)17(25)23-7-4-5-8-23/h16,26H,3-15H2,1-2H3,(H,20,21). The molecule has 1 amide bonds. The molecular formula is C19H35N5O2S. The molecule has 3 aliphatic heterocycles. The Bertz CT molecular complexity index is 524. The Labute approximate surface area is 167 Å². The second kappa shape index (κ2) is 9.47. The van der Waals surface area contributed by atoms with Crippen LogP contribution in [-0.2, 0) is 4.79 Å². The molecule has 7 nitrogen and oxygen atoms in total. The zero-order valence-corrected chi connectivity index (χ0v) is 17.6. The van der Waals surface area contributed by atoms with Crippen molar-refractivity contribution in [2.24, 2.45) is 4.99 Å². The highest BCUT2D eigenvalue weighted by Gasteiger charge is 2.33. The maximum absolute atomic E-state index is 12.7. The molecule has 3 fully saturated rings. The number of carbonyl (C=O) groups is 1. The summed E-state index contributed by atoms with van der Waals surface area (Å²) < 4.78 is 0. The predicted molar refractivity (Wildman–Crippen MR) is 111 cm³/mol. The van der Waals surface area contributed by atoms with E-state index in [1.807, 2.05) is 11.8 Å². The van der Waals surface area contributed by atoms with Crippen molar-refractivity contribution < 1.29 is 9.90 Å². The van der Waals surface area contributed by atoms with Crippen molar-refractivity contribution >= 4 is 23.6 Å². The van der Waals surface area contributed by atoms with E-state index < -0.39 is 5.60 Å². The van der Waals surface area contributed by atoms with Gasteiger partial charge in [-0.25, -0.2) is 0 Å².